The minimum absolute atomic E-state index is 0.120. The van der Waals surface area contributed by atoms with Crippen molar-refractivity contribution in [2.75, 3.05) is 26.0 Å². The molecule has 1 aromatic heterocycles. The molecule has 0 aliphatic rings. The number of carbonyl (C=O) groups excluding carboxylic acids is 2. The number of aromatic nitrogens is 2. The predicted octanol–water partition coefficient (Wildman–Crippen LogP) is -0.307. The Bertz CT molecular complexity index is 447. The number of rotatable bonds is 5. The summed E-state index contributed by atoms with van der Waals surface area (Å²) >= 11 is 0. The van der Waals surface area contributed by atoms with Crippen LogP contribution >= 0.6 is 0 Å². The summed E-state index contributed by atoms with van der Waals surface area (Å²) in [6.07, 6.45) is 0.241. The number of aryl methyl sites for hydroxylation is 1. The smallest absolute Gasteiger partial charge is 0.270 e. The Labute approximate surface area is 105 Å². The largest absolute Gasteiger partial charge is 0.359 e. The first-order valence-electron chi connectivity index (χ1n) is 5.59. The Balaban J connectivity index is 2.61. The summed E-state index contributed by atoms with van der Waals surface area (Å²) in [5.74, 6) is -0.0440. The van der Waals surface area contributed by atoms with Crippen LogP contribution in [-0.4, -0.2) is 42.4 Å². The fourth-order valence-electron chi connectivity index (χ4n) is 1.30. The van der Waals surface area contributed by atoms with Crippen molar-refractivity contribution in [3.63, 3.8) is 0 Å². The van der Waals surface area contributed by atoms with E-state index < -0.39 is 0 Å². The maximum Gasteiger partial charge on any atom is 0.270 e. The van der Waals surface area contributed by atoms with E-state index in [9.17, 15) is 9.59 Å². The zero-order chi connectivity index (χ0) is 13.5. The quantitative estimate of drug-likeness (QED) is 0.667. The fourth-order valence-corrected chi connectivity index (χ4v) is 1.30. The highest BCUT2D eigenvalue weighted by Gasteiger charge is 2.10. The van der Waals surface area contributed by atoms with Gasteiger partial charge in [-0.25, -0.2) is 9.97 Å². The highest BCUT2D eigenvalue weighted by atomic mass is 16.2. The molecule has 7 heteroatoms. The van der Waals surface area contributed by atoms with Gasteiger partial charge in [-0.3, -0.25) is 9.59 Å². The average Bonchev–Trinajstić information content (AvgIpc) is 2.37. The Morgan fingerprint density at radius 2 is 2.00 bits per heavy atom. The SMILES string of the molecule is CNC(=O)CCNC(=O)c1cc(C)nc(NC)n1. The summed E-state index contributed by atoms with van der Waals surface area (Å²) in [5.41, 5.74) is 0.981. The van der Waals surface area contributed by atoms with E-state index in [1.807, 2.05) is 0 Å². The molecule has 2 amide bonds. The van der Waals surface area contributed by atoms with E-state index in [0.717, 1.165) is 0 Å². The van der Waals surface area contributed by atoms with E-state index in [0.29, 0.717) is 11.6 Å². The maximum atomic E-state index is 11.8. The summed E-state index contributed by atoms with van der Waals surface area (Å²) in [7, 11) is 3.24. The van der Waals surface area contributed by atoms with Crippen LogP contribution in [0.15, 0.2) is 6.07 Å². The van der Waals surface area contributed by atoms with Crippen molar-refractivity contribution in [3.05, 3.63) is 17.5 Å². The monoisotopic (exact) mass is 251 g/mol. The summed E-state index contributed by atoms with van der Waals surface area (Å²) < 4.78 is 0. The van der Waals surface area contributed by atoms with Gasteiger partial charge >= 0.3 is 0 Å². The van der Waals surface area contributed by atoms with Crippen molar-refractivity contribution >= 4 is 17.8 Å². The molecule has 0 saturated carbocycles. The highest BCUT2D eigenvalue weighted by Crippen LogP contribution is 2.03. The average molecular weight is 251 g/mol. The number of hydrogen-bond donors (Lipinski definition) is 3. The number of nitrogens with one attached hydrogen (secondary N) is 3. The molecule has 0 fully saturated rings. The molecule has 1 rings (SSSR count). The summed E-state index contributed by atoms with van der Waals surface area (Å²) in [4.78, 5) is 30.9. The Kier molecular flexibility index (Phi) is 5.04. The third kappa shape index (κ3) is 4.00. The number of anilines is 1. The molecule has 98 valence electrons. The molecule has 7 nitrogen and oxygen atoms in total. The second-order valence-electron chi connectivity index (χ2n) is 3.65. The molecule has 18 heavy (non-hydrogen) atoms. The van der Waals surface area contributed by atoms with Gasteiger partial charge < -0.3 is 16.0 Å². The summed E-state index contributed by atoms with van der Waals surface area (Å²) in [6.45, 7) is 2.06. The van der Waals surface area contributed by atoms with Crippen LogP contribution in [0.4, 0.5) is 5.95 Å². The molecule has 0 bridgehead atoms. The zero-order valence-corrected chi connectivity index (χ0v) is 10.7. The van der Waals surface area contributed by atoms with Crippen molar-refractivity contribution in [3.8, 4) is 0 Å². The molecule has 0 unspecified atom stereocenters. The number of nitrogens with zero attached hydrogens (tertiary/aromatic N) is 2. The zero-order valence-electron chi connectivity index (χ0n) is 10.7. The van der Waals surface area contributed by atoms with Crippen molar-refractivity contribution in [2.45, 2.75) is 13.3 Å². The molecule has 0 spiro atoms. The molecule has 1 heterocycles. The van der Waals surface area contributed by atoms with Crippen LogP contribution in [0.25, 0.3) is 0 Å². The topological polar surface area (TPSA) is 96.0 Å². The van der Waals surface area contributed by atoms with Gasteiger partial charge in [-0.2, -0.15) is 0 Å². The second kappa shape index (κ2) is 6.53. The lowest BCUT2D eigenvalue weighted by Gasteiger charge is -2.06. The van der Waals surface area contributed by atoms with Crippen LogP contribution in [0, 0.1) is 6.92 Å². The third-order valence-corrected chi connectivity index (χ3v) is 2.23. The molecule has 0 aliphatic heterocycles. The lowest BCUT2D eigenvalue weighted by atomic mass is 10.3. The molecule has 0 aliphatic carbocycles. The minimum Gasteiger partial charge on any atom is -0.359 e. The van der Waals surface area contributed by atoms with Crippen LogP contribution in [0.3, 0.4) is 0 Å². The molecule has 0 aromatic carbocycles. The summed E-state index contributed by atoms with van der Waals surface area (Å²) in [5, 5.41) is 7.89. The number of carbonyl (C=O) groups is 2. The van der Waals surface area contributed by atoms with Crippen LogP contribution in [0.1, 0.15) is 22.6 Å². The lowest BCUT2D eigenvalue weighted by molar-refractivity contribution is -0.120. The molecule has 0 saturated heterocycles. The van der Waals surface area contributed by atoms with Gasteiger partial charge in [-0.15, -0.1) is 0 Å². The van der Waals surface area contributed by atoms with Gasteiger partial charge in [-0.1, -0.05) is 0 Å². The first kappa shape index (κ1) is 13.9. The van der Waals surface area contributed by atoms with Crippen LogP contribution in [0.5, 0.6) is 0 Å². The van der Waals surface area contributed by atoms with Gasteiger partial charge in [0, 0.05) is 32.8 Å². The molecule has 0 atom stereocenters. The third-order valence-electron chi connectivity index (χ3n) is 2.23. The van der Waals surface area contributed by atoms with E-state index in [-0.39, 0.29) is 30.5 Å². The Morgan fingerprint density at radius 1 is 1.28 bits per heavy atom. The molecular weight excluding hydrogens is 234 g/mol. The van der Waals surface area contributed by atoms with Crippen molar-refractivity contribution in [2.24, 2.45) is 0 Å². The fraction of sp³-hybridized carbons (Fsp3) is 0.455. The normalized spacial score (nSPS) is 9.72. The van der Waals surface area contributed by atoms with Crippen molar-refractivity contribution in [1.82, 2.24) is 20.6 Å². The van der Waals surface area contributed by atoms with Gasteiger partial charge in [0.15, 0.2) is 0 Å². The van der Waals surface area contributed by atoms with Gasteiger partial charge in [0.25, 0.3) is 5.91 Å². The van der Waals surface area contributed by atoms with Gasteiger partial charge in [0.05, 0.1) is 0 Å². The second-order valence-corrected chi connectivity index (χ2v) is 3.65. The maximum absolute atomic E-state index is 11.8. The van der Waals surface area contributed by atoms with E-state index >= 15 is 0 Å². The molecular formula is C11H17N5O2. The summed E-state index contributed by atoms with van der Waals surface area (Å²) in [6, 6.07) is 1.59. The van der Waals surface area contributed by atoms with Crippen LogP contribution in [-0.2, 0) is 4.79 Å². The first-order valence-corrected chi connectivity index (χ1v) is 5.59. The number of hydrogen-bond acceptors (Lipinski definition) is 5. The van der Waals surface area contributed by atoms with Crippen LogP contribution in [0.2, 0.25) is 0 Å². The predicted molar refractivity (Wildman–Crippen MR) is 67.3 cm³/mol. The Morgan fingerprint density at radius 3 is 2.61 bits per heavy atom. The van der Waals surface area contributed by atoms with Crippen LogP contribution < -0.4 is 16.0 Å². The molecule has 1 aromatic rings. The van der Waals surface area contributed by atoms with Gasteiger partial charge in [0.2, 0.25) is 11.9 Å². The lowest BCUT2D eigenvalue weighted by Crippen LogP contribution is -2.30. The number of amides is 2. The first-order chi connectivity index (χ1) is 8.56. The Hall–Kier alpha value is -2.18. The molecule has 3 N–H and O–H groups in total. The minimum atomic E-state index is -0.319. The van der Waals surface area contributed by atoms with E-state index in [1.54, 1.807) is 27.1 Å². The van der Waals surface area contributed by atoms with Crippen molar-refractivity contribution < 1.29 is 9.59 Å². The molecule has 0 radical (unpaired) electrons. The van der Waals surface area contributed by atoms with E-state index in [1.165, 1.54) is 0 Å². The standard InChI is InChI=1S/C11H17N5O2/c1-7-6-8(16-11(13-3)15-7)10(18)14-5-4-9(17)12-2/h6H,4-5H2,1-3H3,(H,12,17)(H,14,18)(H,13,15,16). The van der Waals surface area contributed by atoms with E-state index in [4.69, 9.17) is 0 Å². The van der Waals surface area contributed by atoms with Crippen molar-refractivity contribution in [1.29, 1.82) is 0 Å². The van der Waals surface area contributed by atoms with E-state index in [2.05, 4.69) is 25.9 Å². The van der Waals surface area contributed by atoms with Gasteiger partial charge in [0.1, 0.15) is 5.69 Å². The van der Waals surface area contributed by atoms with Gasteiger partial charge in [-0.05, 0) is 13.0 Å². The highest BCUT2D eigenvalue weighted by molar-refractivity contribution is 5.92.